The number of hydrogen-bond donors (Lipinski definition) is 1. The van der Waals surface area contributed by atoms with Crippen molar-refractivity contribution in [2.24, 2.45) is 0 Å². The second-order valence-corrected chi connectivity index (χ2v) is 5.75. The predicted octanol–water partition coefficient (Wildman–Crippen LogP) is 2.08. The zero-order valence-electron chi connectivity index (χ0n) is 9.08. The van der Waals surface area contributed by atoms with Crippen LogP contribution in [-0.2, 0) is 11.3 Å². The molecule has 0 spiro atoms. The molecule has 0 saturated heterocycles. The van der Waals surface area contributed by atoms with E-state index in [9.17, 15) is 4.79 Å². The molecule has 0 aliphatic rings. The molecule has 0 radical (unpaired) electrons. The van der Waals surface area contributed by atoms with Gasteiger partial charge in [-0.05, 0) is 46.9 Å². The molecule has 1 heterocycles. The Morgan fingerprint density at radius 1 is 1.73 bits per heavy atom. The maximum absolute atomic E-state index is 11.7. The second kappa shape index (κ2) is 5.63. The Kier molecular flexibility index (Phi) is 4.76. The highest BCUT2D eigenvalue weighted by molar-refractivity contribution is 9.11. The highest BCUT2D eigenvalue weighted by Crippen LogP contribution is 2.21. The molecule has 0 bridgehead atoms. The third-order valence-electron chi connectivity index (χ3n) is 2.22. The van der Waals surface area contributed by atoms with Crippen LogP contribution in [-0.4, -0.2) is 30.9 Å². The number of hydrogen-bond acceptors (Lipinski definition) is 3. The zero-order chi connectivity index (χ0) is 11.4. The summed E-state index contributed by atoms with van der Waals surface area (Å²) in [5, 5.41) is 4.99. The first-order chi connectivity index (χ1) is 7.04. The lowest BCUT2D eigenvalue weighted by Crippen LogP contribution is -2.41. The summed E-state index contributed by atoms with van der Waals surface area (Å²) in [6.45, 7) is 2.52. The summed E-state index contributed by atoms with van der Waals surface area (Å²) in [6, 6.07) is 1.91. The van der Waals surface area contributed by atoms with Gasteiger partial charge >= 0.3 is 0 Å². The van der Waals surface area contributed by atoms with Gasteiger partial charge in [-0.2, -0.15) is 0 Å². The molecule has 1 aromatic rings. The zero-order valence-corrected chi connectivity index (χ0v) is 11.5. The summed E-state index contributed by atoms with van der Waals surface area (Å²) in [4.78, 5) is 13.5. The van der Waals surface area contributed by atoms with Gasteiger partial charge in [0.15, 0.2) is 0 Å². The molecule has 15 heavy (non-hydrogen) atoms. The van der Waals surface area contributed by atoms with Gasteiger partial charge in [0, 0.05) is 13.6 Å². The van der Waals surface area contributed by atoms with Gasteiger partial charge in [0.1, 0.15) is 0 Å². The maximum atomic E-state index is 11.7. The Morgan fingerprint density at radius 3 is 2.87 bits per heavy atom. The normalized spacial score (nSPS) is 12.5. The molecule has 0 fully saturated rings. The Morgan fingerprint density at radius 2 is 2.40 bits per heavy atom. The van der Waals surface area contributed by atoms with Gasteiger partial charge in [-0.3, -0.25) is 4.79 Å². The average Bonchev–Trinajstić information content (AvgIpc) is 2.61. The van der Waals surface area contributed by atoms with Crippen LogP contribution in [0.1, 0.15) is 12.5 Å². The minimum Gasteiger partial charge on any atom is -0.340 e. The third kappa shape index (κ3) is 3.59. The van der Waals surface area contributed by atoms with Crippen LogP contribution < -0.4 is 5.32 Å². The number of rotatable bonds is 4. The van der Waals surface area contributed by atoms with Crippen molar-refractivity contribution in [3.8, 4) is 0 Å². The molecule has 0 aliphatic heterocycles. The molecule has 3 nitrogen and oxygen atoms in total. The third-order valence-corrected chi connectivity index (χ3v) is 3.77. The van der Waals surface area contributed by atoms with Gasteiger partial charge in [-0.25, -0.2) is 0 Å². The van der Waals surface area contributed by atoms with Crippen LogP contribution >= 0.6 is 27.3 Å². The summed E-state index contributed by atoms with van der Waals surface area (Å²) >= 11 is 5.04. The second-order valence-electron chi connectivity index (χ2n) is 3.46. The number of carbonyl (C=O) groups is 1. The van der Waals surface area contributed by atoms with Gasteiger partial charge in [0.05, 0.1) is 9.83 Å². The summed E-state index contributed by atoms with van der Waals surface area (Å²) in [5.41, 5.74) is 1.16. The summed E-state index contributed by atoms with van der Waals surface area (Å²) in [6.07, 6.45) is 0. The number of carbonyl (C=O) groups excluding carboxylic acids is 1. The van der Waals surface area contributed by atoms with Crippen LogP contribution in [0.5, 0.6) is 0 Å². The Balaban J connectivity index is 2.55. The van der Waals surface area contributed by atoms with E-state index >= 15 is 0 Å². The highest BCUT2D eigenvalue weighted by Gasteiger charge is 2.15. The van der Waals surface area contributed by atoms with Gasteiger partial charge in [0.25, 0.3) is 0 Å². The van der Waals surface area contributed by atoms with Crippen molar-refractivity contribution in [3.05, 3.63) is 20.8 Å². The van der Waals surface area contributed by atoms with Crippen LogP contribution in [0.25, 0.3) is 0 Å². The largest absolute Gasteiger partial charge is 0.340 e. The minimum atomic E-state index is -0.128. The van der Waals surface area contributed by atoms with Crippen molar-refractivity contribution in [2.45, 2.75) is 19.5 Å². The fourth-order valence-electron chi connectivity index (χ4n) is 1.23. The maximum Gasteiger partial charge on any atom is 0.239 e. The molecule has 1 atom stereocenters. The number of likely N-dealkylation sites (N-methyl/N-ethyl adjacent to an activating group) is 2. The van der Waals surface area contributed by atoms with E-state index in [1.165, 1.54) is 0 Å². The van der Waals surface area contributed by atoms with E-state index < -0.39 is 0 Å². The van der Waals surface area contributed by atoms with Crippen molar-refractivity contribution in [1.82, 2.24) is 10.2 Å². The van der Waals surface area contributed by atoms with E-state index in [0.717, 1.165) is 9.35 Å². The van der Waals surface area contributed by atoms with Crippen LogP contribution in [0, 0.1) is 0 Å². The molecule has 84 valence electrons. The number of thiophene rings is 1. The van der Waals surface area contributed by atoms with E-state index in [4.69, 9.17) is 0 Å². The van der Waals surface area contributed by atoms with Gasteiger partial charge in [0.2, 0.25) is 5.91 Å². The standard InChI is InChI=1S/C10H15BrN2OS/c1-7(12-2)10(14)13(3)5-8-4-9(11)15-6-8/h4,6-7,12H,5H2,1-3H3. The van der Waals surface area contributed by atoms with Crippen LogP contribution in [0.15, 0.2) is 15.2 Å². The van der Waals surface area contributed by atoms with Crippen LogP contribution in [0.3, 0.4) is 0 Å². The van der Waals surface area contributed by atoms with Gasteiger partial charge in [-0.15, -0.1) is 11.3 Å². The van der Waals surface area contributed by atoms with E-state index in [0.29, 0.717) is 6.54 Å². The molecular weight excluding hydrogens is 276 g/mol. The molecule has 1 N–H and O–H groups in total. The first kappa shape index (κ1) is 12.7. The lowest BCUT2D eigenvalue weighted by molar-refractivity contribution is -0.132. The Bertz CT molecular complexity index is 340. The van der Waals surface area contributed by atoms with Crippen LogP contribution in [0.2, 0.25) is 0 Å². The Labute approximate surface area is 103 Å². The fourth-order valence-corrected chi connectivity index (χ4v) is 2.43. The van der Waals surface area contributed by atoms with Crippen molar-refractivity contribution in [2.75, 3.05) is 14.1 Å². The van der Waals surface area contributed by atoms with Gasteiger partial charge in [-0.1, -0.05) is 0 Å². The monoisotopic (exact) mass is 290 g/mol. The molecule has 1 amide bonds. The van der Waals surface area contributed by atoms with Crippen molar-refractivity contribution >= 4 is 33.2 Å². The molecule has 0 aliphatic carbocycles. The molecule has 1 rings (SSSR count). The lowest BCUT2D eigenvalue weighted by atomic mass is 10.2. The average molecular weight is 291 g/mol. The number of nitrogens with one attached hydrogen (secondary N) is 1. The minimum absolute atomic E-state index is 0.111. The smallest absolute Gasteiger partial charge is 0.239 e. The van der Waals surface area contributed by atoms with Gasteiger partial charge < -0.3 is 10.2 Å². The highest BCUT2D eigenvalue weighted by atomic mass is 79.9. The van der Waals surface area contributed by atoms with E-state index in [1.54, 1.807) is 23.3 Å². The molecule has 5 heteroatoms. The van der Waals surface area contributed by atoms with Crippen LogP contribution in [0.4, 0.5) is 0 Å². The summed E-state index contributed by atoms with van der Waals surface area (Å²) < 4.78 is 1.10. The van der Waals surface area contributed by atoms with Crippen molar-refractivity contribution < 1.29 is 4.79 Å². The number of halogens is 1. The van der Waals surface area contributed by atoms with E-state index in [2.05, 4.69) is 26.6 Å². The van der Waals surface area contributed by atoms with E-state index in [-0.39, 0.29) is 11.9 Å². The SMILES string of the molecule is CNC(C)C(=O)N(C)Cc1csc(Br)c1. The quantitative estimate of drug-likeness (QED) is 0.921. The van der Waals surface area contributed by atoms with Crippen molar-refractivity contribution in [1.29, 1.82) is 0 Å². The van der Waals surface area contributed by atoms with Crippen molar-refractivity contribution in [3.63, 3.8) is 0 Å². The predicted molar refractivity (Wildman–Crippen MR) is 67.0 cm³/mol. The Hall–Kier alpha value is -0.390. The number of nitrogens with zero attached hydrogens (tertiary/aromatic N) is 1. The molecule has 0 saturated carbocycles. The first-order valence-corrected chi connectivity index (χ1v) is 6.37. The summed E-state index contributed by atoms with van der Waals surface area (Å²) in [7, 11) is 3.61. The molecule has 1 unspecified atom stereocenters. The topological polar surface area (TPSA) is 32.3 Å². The summed E-state index contributed by atoms with van der Waals surface area (Å²) in [5.74, 6) is 0.111. The molecule has 1 aromatic heterocycles. The molecular formula is C10H15BrN2OS. The molecule has 0 aromatic carbocycles. The number of amides is 1. The first-order valence-electron chi connectivity index (χ1n) is 4.69. The van der Waals surface area contributed by atoms with E-state index in [1.807, 2.05) is 20.0 Å². The lowest BCUT2D eigenvalue weighted by Gasteiger charge is -2.20. The fraction of sp³-hybridized carbons (Fsp3) is 0.500.